The molecule has 1 aromatic rings. The van der Waals surface area contributed by atoms with Crippen molar-refractivity contribution in [3.63, 3.8) is 0 Å². The third kappa shape index (κ3) is 3.49. The van der Waals surface area contributed by atoms with Crippen molar-refractivity contribution in [1.29, 1.82) is 0 Å². The molecule has 0 radical (unpaired) electrons. The molecule has 0 aliphatic carbocycles. The quantitative estimate of drug-likeness (QED) is 0.799. The highest BCUT2D eigenvalue weighted by Gasteiger charge is 2.40. The fourth-order valence-electron chi connectivity index (χ4n) is 2.40. The van der Waals surface area contributed by atoms with Crippen LogP contribution in [-0.2, 0) is 0 Å². The summed E-state index contributed by atoms with van der Waals surface area (Å²) in [5.74, 6) is -1.90. The minimum atomic E-state index is -4.91. The second-order valence-electron chi connectivity index (χ2n) is 4.89. The number of alkyl halides is 3. The third-order valence-corrected chi connectivity index (χ3v) is 4.04. The maximum absolute atomic E-state index is 12.6. The van der Waals surface area contributed by atoms with Crippen LogP contribution >= 0.6 is 11.6 Å². The lowest BCUT2D eigenvalue weighted by Gasteiger charge is -2.36. The molecule has 1 aliphatic heterocycles. The van der Waals surface area contributed by atoms with Crippen LogP contribution < -0.4 is 4.90 Å². The Morgan fingerprint density at radius 3 is 2.38 bits per heavy atom. The molecule has 0 spiro atoms. The molecule has 21 heavy (non-hydrogen) atoms. The molecule has 116 valence electrons. The molecule has 0 aromatic heterocycles. The second-order valence-corrected chi connectivity index (χ2v) is 5.26. The monoisotopic (exact) mass is 320 g/mol. The van der Waals surface area contributed by atoms with Crippen molar-refractivity contribution < 1.29 is 18.0 Å². The summed E-state index contributed by atoms with van der Waals surface area (Å²) in [6.45, 7) is 6.00. The van der Waals surface area contributed by atoms with Gasteiger partial charge in [0.25, 0.3) is 5.78 Å². The number of anilines is 1. The number of nitrogens with zero attached hydrogens (tertiary/aromatic N) is 2. The van der Waals surface area contributed by atoms with Crippen molar-refractivity contribution in [2.75, 3.05) is 37.6 Å². The first-order chi connectivity index (χ1) is 9.84. The highest BCUT2D eigenvalue weighted by atomic mass is 35.5. The molecule has 7 heteroatoms. The molecular weight excluding hydrogens is 305 g/mol. The van der Waals surface area contributed by atoms with E-state index in [0.29, 0.717) is 18.8 Å². The first-order valence-corrected chi connectivity index (χ1v) is 7.09. The standard InChI is InChI=1S/C14H16ClF3N2O/c1-2-19-6-8-20(9-7-19)11-5-3-4-10(12(11)15)13(21)14(16,17)18/h3-5H,2,6-9H2,1H3. The summed E-state index contributed by atoms with van der Waals surface area (Å²) >= 11 is 6.04. The summed E-state index contributed by atoms with van der Waals surface area (Å²) in [6, 6.07) is 4.20. The summed E-state index contributed by atoms with van der Waals surface area (Å²) in [7, 11) is 0. The Morgan fingerprint density at radius 2 is 1.86 bits per heavy atom. The van der Waals surface area contributed by atoms with E-state index in [4.69, 9.17) is 11.6 Å². The minimum absolute atomic E-state index is 0.121. The Morgan fingerprint density at radius 1 is 1.24 bits per heavy atom. The van der Waals surface area contributed by atoms with Crippen LogP contribution in [0.25, 0.3) is 0 Å². The van der Waals surface area contributed by atoms with E-state index in [1.807, 2.05) is 4.90 Å². The lowest BCUT2D eigenvalue weighted by atomic mass is 10.1. The molecular formula is C14H16ClF3N2O. The Labute approximate surface area is 126 Å². The molecule has 0 saturated carbocycles. The number of benzene rings is 1. The van der Waals surface area contributed by atoms with E-state index in [-0.39, 0.29) is 5.02 Å². The van der Waals surface area contributed by atoms with Gasteiger partial charge in [-0.1, -0.05) is 24.6 Å². The van der Waals surface area contributed by atoms with Crippen LogP contribution in [0.4, 0.5) is 18.9 Å². The summed E-state index contributed by atoms with van der Waals surface area (Å²) in [4.78, 5) is 15.5. The number of hydrogen-bond acceptors (Lipinski definition) is 3. The predicted molar refractivity (Wildman–Crippen MR) is 76.2 cm³/mol. The fraction of sp³-hybridized carbons (Fsp3) is 0.500. The van der Waals surface area contributed by atoms with Crippen molar-refractivity contribution in [3.05, 3.63) is 28.8 Å². The number of rotatable bonds is 3. The Hall–Kier alpha value is -1.27. The predicted octanol–water partition coefficient (Wildman–Crippen LogP) is 3.23. The molecule has 0 N–H and O–H groups in total. The number of carbonyl (C=O) groups excluding carboxylic acids is 1. The first-order valence-electron chi connectivity index (χ1n) is 6.72. The maximum atomic E-state index is 12.6. The van der Waals surface area contributed by atoms with Gasteiger partial charge in [-0.25, -0.2) is 0 Å². The summed E-state index contributed by atoms with van der Waals surface area (Å²) in [5, 5.41) is -0.121. The van der Waals surface area contributed by atoms with Crippen LogP contribution in [0.15, 0.2) is 18.2 Å². The first kappa shape index (κ1) is 16.1. The van der Waals surface area contributed by atoms with Crippen LogP contribution in [-0.4, -0.2) is 49.6 Å². The van der Waals surface area contributed by atoms with Crippen molar-refractivity contribution >= 4 is 23.1 Å². The lowest BCUT2D eigenvalue weighted by molar-refractivity contribution is -0.0885. The minimum Gasteiger partial charge on any atom is -0.368 e. The van der Waals surface area contributed by atoms with Crippen molar-refractivity contribution in [2.45, 2.75) is 13.1 Å². The molecule has 0 atom stereocenters. The Balaban J connectivity index is 2.25. The third-order valence-electron chi connectivity index (χ3n) is 3.64. The van der Waals surface area contributed by atoms with Gasteiger partial charge in [-0.2, -0.15) is 13.2 Å². The molecule has 2 rings (SSSR count). The number of ketones is 1. The smallest absolute Gasteiger partial charge is 0.368 e. The van der Waals surface area contributed by atoms with Crippen molar-refractivity contribution in [3.8, 4) is 0 Å². The SMILES string of the molecule is CCN1CCN(c2cccc(C(=O)C(F)(F)F)c2Cl)CC1. The largest absolute Gasteiger partial charge is 0.454 e. The van der Waals surface area contributed by atoms with Gasteiger partial charge in [0.05, 0.1) is 10.7 Å². The Kier molecular flexibility index (Phi) is 4.78. The highest BCUT2D eigenvalue weighted by Crippen LogP contribution is 2.33. The summed E-state index contributed by atoms with van der Waals surface area (Å²) in [5.41, 5.74) is 0.00195. The lowest BCUT2D eigenvalue weighted by Crippen LogP contribution is -2.46. The fourth-order valence-corrected chi connectivity index (χ4v) is 2.73. The number of piperazine rings is 1. The molecule has 1 fully saturated rings. The van der Waals surface area contributed by atoms with Crippen LogP contribution in [0.1, 0.15) is 17.3 Å². The normalized spacial score (nSPS) is 17.1. The number of likely N-dealkylation sites (N-methyl/N-ethyl adjacent to an activating group) is 1. The number of Topliss-reactive ketones (excluding diaryl/α,β-unsaturated/α-hetero) is 1. The van der Waals surface area contributed by atoms with Gasteiger partial charge in [-0.05, 0) is 18.7 Å². The van der Waals surface area contributed by atoms with E-state index in [9.17, 15) is 18.0 Å². The number of carbonyl (C=O) groups is 1. The van der Waals surface area contributed by atoms with E-state index >= 15 is 0 Å². The molecule has 1 heterocycles. The summed E-state index contributed by atoms with van der Waals surface area (Å²) in [6.07, 6.45) is -4.91. The zero-order valence-corrected chi connectivity index (χ0v) is 12.3. The molecule has 3 nitrogen and oxygen atoms in total. The van der Waals surface area contributed by atoms with Gasteiger partial charge in [0.1, 0.15) is 0 Å². The van der Waals surface area contributed by atoms with Gasteiger partial charge in [0.15, 0.2) is 0 Å². The highest BCUT2D eigenvalue weighted by molar-refractivity contribution is 6.36. The molecule has 0 unspecified atom stereocenters. The van der Waals surface area contributed by atoms with E-state index in [1.54, 1.807) is 6.07 Å². The van der Waals surface area contributed by atoms with E-state index in [2.05, 4.69) is 11.8 Å². The van der Waals surface area contributed by atoms with Crippen LogP contribution in [0.5, 0.6) is 0 Å². The molecule has 1 aromatic carbocycles. The zero-order chi connectivity index (χ0) is 15.6. The van der Waals surface area contributed by atoms with Crippen molar-refractivity contribution in [2.24, 2.45) is 0 Å². The number of hydrogen-bond donors (Lipinski definition) is 0. The van der Waals surface area contributed by atoms with Crippen LogP contribution in [0.2, 0.25) is 5.02 Å². The van der Waals surface area contributed by atoms with Gasteiger partial charge in [-0.3, -0.25) is 4.79 Å². The van der Waals surface area contributed by atoms with Gasteiger partial charge in [0, 0.05) is 31.7 Å². The molecule has 1 aliphatic rings. The topological polar surface area (TPSA) is 23.6 Å². The van der Waals surface area contributed by atoms with Gasteiger partial charge >= 0.3 is 6.18 Å². The van der Waals surface area contributed by atoms with Crippen molar-refractivity contribution in [1.82, 2.24) is 4.90 Å². The van der Waals surface area contributed by atoms with Gasteiger partial charge in [-0.15, -0.1) is 0 Å². The maximum Gasteiger partial charge on any atom is 0.454 e. The van der Waals surface area contributed by atoms with Crippen LogP contribution in [0, 0.1) is 0 Å². The zero-order valence-electron chi connectivity index (χ0n) is 11.6. The van der Waals surface area contributed by atoms with E-state index < -0.39 is 17.5 Å². The van der Waals surface area contributed by atoms with E-state index in [1.165, 1.54) is 6.07 Å². The van der Waals surface area contributed by atoms with Crippen LogP contribution in [0.3, 0.4) is 0 Å². The second kappa shape index (κ2) is 6.23. The molecule has 0 amide bonds. The molecule has 1 saturated heterocycles. The van der Waals surface area contributed by atoms with Gasteiger partial charge in [0.2, 0.25) is 0 Å². The average Bonchev–Trinajstić information content (AvgIpc) is 2.46. The Bertz CT molecular complexity index is 525. The summed E-state index contributed by atoms with van der Waals surface area (Å²) < 4.78 is 37.7. The average molecular weight is 321 g/mol. The van der Waals surface area contributed by atoms with E-state index in [0.717, 1.165) is 25.7 Å². The number of halogens is 4. The van der Waals surface area contributed by atoms with Gasteiger partial charge < -0.3 is 9.80 Å². The molecule has 0 bridgehead atoms.